The molecule has 2 N–H and O–H groups in total. The molecule has 0 heterocycles. The SMILES string of the molecule is C#CCN(CCC)CC(C)CCN. The third kappa shape index (κ3) is 6.62. The lowest BCUT2D eigenvalue weighted by atomic mass is 10.1. The number of terminal acetylenes is 1. The summed E-state index contributed by atoms with van der Waals surface area (Å²) in [4.78, 5) is 2.32. The molecular weight excluding hydrogens is 160 g/mol. The van der Waals surface area contributed by atoms with E-state index >= 15 is 0 Å². The molecule has 0 rings (SSSR count). The largest absolute Gasteiger partial charge is 0.330 e. The minimum Gasteiger partial charge on any atom is -0.330 e. The molecule has 0 aromatic heterocycles. The van der Waals surface area contributed by atoms with Crippen LogP contribution in [0.4, 0.5) is 0 Å². The molecule has 0 fully saturated rings. The Labute approximate surface area is 82.5 Å². The first kappa shape index (κ1) is 12.5. The fourth-order valence-corrected chi connectivity index (χ4v) is 1.50. The summed E-state index contributed by atoms with van der Waals surface area (Å²) < 4.78 is 0. The van der Waals surface area contributed by atoms with Crippen molar-refractivity contribution in [3.63, 3.8) is 0 Å². The number of hydrogen-bond donors (Lipinski definition) is 1. The molecule has 2 nitrogen and oxygen atoms in total. The molecule has 0 radical (unpaired) electrons. The van der Waals surface area contributed by atoms with Gasteiger partial charge in [-0.25, -0.2) is 0 Å². The number of rotatable bonds is 7. The number of nitrogens with zero attached hydrogens (tertiary/aromatic N) is 1. The van der Waals surface area contributed by atoms with Gasteiger partial charge in [-0.1, -0.05) is 19.8 Å². The van der Waals surface area contributed by atoms with Crippen molar-refractivity contribution in [3.8, 4) is 12.3 Å². The second kappa shape index (κ2) is 8.10. The van der Waals surface area contributed by atoms with Gasteiger partial charge in [-0.05, 0) is 31.8 Å². The molecule has 0 aromatic rings. The summed E-state index contributed by atoms with van der Waals surface area (Å²) in [7, 11) is 0. The van der Waals surface area contributed by atoms with Crippen LogP contribution in [0.1, 0.15) is 26.7 Å². The molecule has 0 saturated heterocycles. The Morgan fingerprint density at radius 1 is 1.54 bits per heavy atom. The van der Waals surface area contributed by atoms with Crippen molar-refractivity contribution >= 4 is 0 Å². The fraction of sp³-hybridized carbons (Fsp3) is 0.818. The lowest BCUT2D eigenvalue weighted by Gasteiger charge is -2.22. The summed E-state index contributed by atoms with van der Waals surface area (Å²) in [5.41, 5.74) is 5.49. The molecule has 0 aliphatic heterocycles. The molecule has 0 aromatic carbocycles. The third-order valence-corrected chi connectivity index (χ3v) is 2.08. The molecule has 13 heavy (non-hydrogen) atoms. The molecule has 1 atom stereocenters. The average Bonchev–Trinajstić information content (AvgIpc) is 2.05. The molecule has 0 bridgehead atoms. The van der Waals surface area contributed by atoms with Gasteiger partial charge in [0.05, 0.1) is 6.54 Å². The Morgan fingerprint density at radius 3 is 2.69 bits per heavy atom. The van der Waals surface area contributed by atoms with E-state index in [1.54, 1.807) is 0 Å². The van der Waals surface area contributed by atoms with Gasteiger partial charge < -0.3 is 5.73 Å². The van der Waals surface area contributed by atoms with Crippen molar-refractivity contribution in [3.05, 3.63) is 0 Å². The molecule has 0 amide bonds. The number of hydrogen-bond acceptors (Lipinski definition) is 2. The molecule has 1 unspecified atom stereocenters. The van der Waals surface area contributed by atoms with Gasteiger partial charge >= 0.3 is 0 Å². The van der Waals surface area contributed by atoms with Gasteiger partial charge in [-0.2, -0.15) is 0 Å². The highest BCUT2D eigenvalue weighted by Gasteiger charge is 2.07. The van der Waals surface area contributed by atoms with Crippen molar-refractivity contribution in [1.82, 2.24) is 4.90 Å². The van der Waals surface area contributed by atoms with Crippen molar-refractivity contribution in [2.45, 2.75) is 26.7 Å². The topological polar surface area (TPSA) is 29.3 Å². The van der Waals surface area contributed by atoms with E-state index in [9.17, 15) is 0 Å². The predicted molar refractivity (Wildman–Crippen MR) is 58.4 cm³/mol. The highest BCUT2D eigenvalue weighted by molar-refractivity contribution is 4.88. The maximum absolute atomic E-state index is 5.49. The van der Waals surface area contributed by atoms with Crippen LogP contribution < -0.4 is 5.73 Å². The van der Waals surface area contributed by atoms with E-state index in [0.29, 0.717) is 5.92 Å². The van der Waals surface area contributed by atoms with Crippen LogP contribution in [0.3, 0.4) is 0 Å². The van der Waals surface area contributed by atoms with Crippen molar-refractivity contribution < 1.29 is 0 Å². The fourth-order valence-electron chi connectivity index (χ4n) is 1.50. The Balaban J connectivity index is 3.73. The highest BCUT2D eigenvalue weighted by Crippen LogP contribution is 2.04. The van der Waals surface area contributed by atoms with Crippen LogP contribution in [0.25, 0.3) is 0 Å². The van der Waals surface area contributed by atoms with Gasteiger partial charge in [-0.15, -0.1) is 6.42 Å². The Hall–Kier alpha value is -0.520. The van der Waals surface area contributed by atoms with Crippen LogP contribution >= 0.6 is 0 Å². The van der Waals surface area contributed by atoms with Gasteiger partial charge in [0.1, 0.15) is 0 Å². The third-order valence-electron chi connectivity index (χ3n) is 2.08. The molecule has 0 aliphatic carbocycles. The van der Waals surface area contributed by atoms with Crippen molar-refractivity contribution in [2.75, 3.05) is 26.2 Å². The molecular formula is C11H22N2. The smallest absolute Gasteiger partial charge is 0.0599 e. The van der Waals surface area contributed by atoms with E-state index in [1.807, 2.05) is 0 Å². The number of nitrogens with two attached hydrogens (primary N) is 1. The van der Waals surface area contributed by atoms with E-state index in [-0.39, 0.29) is 0 Å². The van der Waals surface area contributed by atoms with E-state index < -0.39 is 0 Å². The van der Waals surface area contributed by atoms with Crippen LogP contribution in [-0.4, -0.2) is 31.1 Å². The van der Waals surface area contributed by atoms with E-state index in [0.717, 1.165) is 39.0 Å². The Kier molecular flexibility index (Phi) is 7.77. The summed E-state index contributed by atoms with van der Waals surface area (Å²) >= 11 is 0. The maximum atomic E-state index is 5.49. The molecule has 0 spiro atoms. The summed E-state index contributed by atoms with van der Waals surface area (Å²) in [6.45, 7) is 8.12. The Bertz CT molecular complexity index is 149. The average molecular weight is 182 g/mol. The Morgan fingerprint density at radius 2 is 2.23 bits per heavy atom. The van der Waals surface area contributed by atoms with Crippen LogP contribution in [0, 0.1) is 18.3 Å². The van der Waals surface area contributed by atoms with Crippen LogP contribution in [-0.2, 0) is 0 Å². The van der Waals surface area contributed by atoms with Gasteiger partial charge in [-0.3, -0.25) is 4.90 Å². The second-order valence-corrected chi connectivity index (χ2v) is 3.62. The predicted octanol–water partition coefficient (Wildman–Crippen LogP) is 1.32. The van der Waals surface area contributed by atoms with Crippen molar-refractivity contribution in [2.24, 2.45) is 11.7 Å². The van der Waals surface area contributed by atoms with E-state index in [1.165, 1.54) is 0 Å². The second-order valence-electron chi connectivity index (χ2n) is 3.62. The minimum absolute atomic E-state index is 0.657. The quantitative estimate of drug-likeness (QED) is 0.602. The zero-order chi connectivity index (χ0) is 10.1. The summed E-state index contributed by atoms with van der Waals surface area (Å²) in [5, 5.41) is 0. The first-order valence-corrected chi connectivity index (χ1v) is 5.10. The molecule has 0 saturated carbocycles. The molecule has 76 valence electrons. The van der Waals surface area contributed by atoms with Gasteiger partial charge in [0.25, 0.3) is 0 Å². The normalized spacial score (nSPS) is 12.8. The van der Waals surface area contributed by atoms with Crippen LogP contribution in [0.15, 0.2) is 0 Å². The van der Waals surface area contributed by atoms with Gasteiger partial charge in [0, 0.05) is 6.54 Å². The first-order chi connectivity index (χ1) is 6.24. The summed E-state index contributed by atoms with van der Waals surface area (Å²) in [5.74, 6) is 3.35. The minimum atomic E-state index is 0.657. The lowest BCUT2D eigenvalue weighted by Crippen LogP contribution is -2.30. The van der Waals surface area contributed by atoms with Gasteiger partial charge in [0.15, 0.2) is 0 Å². The van der Waals surface area contributed by atoms with E-state index in [2.05, 4.69) is 24.7 Å². The van der Waals surface area contributed by atoms with Gasteiger partial charge in [0.2, 0.25) is 0 Å². The molecule has 0 aliphatic rings. The zero-order valence-electron chi connectivity index (χ0n) is 8.92. The van der Waals surface area contributed by atoms with Crippen molar-refractivity contribution in [1.29, 1.82) is 0 Å². The standard InChI is InChI=1S/C11H22N2/c1-4-8-13(9-5-2)10-11(3)6-7-12/h1,11H,5-10,12H2,2-3H3. The monoisotopic (exact) mass is 182 g/mol. The summed E-state index contributed by atoms with van der Waals surface area (Å²) in [6, 6.07) is 0. The lowest BCUT2D eigenvalue weighted by molar-refractivity contribution is 0.259. The van der Waals surface area contributed by atoms with Crippen LogP contribution in [0.5, 0.6) is 0 Å². The summed E-state index contributed by atoms with van der Waals surface area (Å²) in [6.07, 6.45) is 7.54. The maximum Gasteiger partial charge on any atom is 0.0599 e. The molecule has 2 heteroatoms. The van der Waals surface area contributed by atoms with Crippen LogP contribution in [0.2, 0.25) is 0 Å². The highest BCUT2D eigenvalue weighted by atomic mass is 15.1. The zero-order valence-corrected chi connectivity index (χ0v) is 8.92. The van der Waals surface area contributed by atoms with E-state index in [4.69, 9.17) is 12.2 Å². The first-order valence-electron chi connectivity index (χ1n) is 5.10.